The van der Waals surface area contributed by atoms with Gasteiger partial charge in [-0.05, 0) is 41.5 Å². The minimum absolute atomic E-state index is 0.115. The van der Waals surface area contributed by atoms with Crippen LogP contribution in [-0.4, -0.2) is 28.6 Å². The molecule has 0 saturated carbocycles. The van der Waals surface area contributed by atoms with Crippen LogP contribution in [0.2, 0.25) is 0 Å². The highest BCUT2D eigenvalue weighted by atomic mass is 15.2. The number of hydrogen-bond donors (Lipinski definition) is 1. The maximum atomic E-state index is 4.59. The molecular formula is C14H26N4. The smallest absolute Gasteiger partial charge is 0.225 e. The van der Waals surface area contributed by atoms with Crippen molar-refractivity contribution in [2.75, 3.05) is 18.0 Å². The SMILES string of the molecule is CCN(CC)c1ncc(CNC(C)(C)C)c(C)n1. The molecule has 0 aromatic carbocycles. The molecule has 0 amide bonds. The van der Waals surface area contributed by atoms with E-state index in [-0.39, 0.29) is 5.54 Å². The van der Waals surface area contributed by atoms with Gasteiger partial charge in [-0.2, -0.15) is 0 Å². The standard InChI is InChI=1S/C14H26N4/c1-7-18(8-2)13-15-9-12(11(3)17-13)10-16-14(4,5)6/h9,16H,7-8,10H2,1-6H3. The Hall–Kier alpha value is -1.16. The largest absolute Gasteiger partial charge is 0.341 e. The van der Waals surface area contributed by atoms with Crippen LogP contribution in [-0.2, 0) is 6.54 Å². The van der Waals surface area contributed by atoms with E-state index in [4.69, 9.17) is 0 Å². The molecule has 0 saturated heterocycles. The first-order valence-corrected chi connectivity index (χ1v) is 6.70. The van der Waals surface area contributed by atoms with E-state index in [9.17, 15) is 0 Å². The predicted molar refractivity (Wildman–Crippen MR) is 76.9 cm³/mol. The van der Waals surface area contributed by atoms with Crippen LogP contribution in [0.1, 0.15) is 45.9 Å². The molecular weight excluding hydrogens is 224 g/mol. The fourth-order valence-corrected chi connectivity index (χ4v) is 1.67. The summed E-state index contributed by atoms with van der Waals surface area (Å²) in [6.45, 7) is 15.5. The van der Waals surface area contributed by atoms with Gasteiger partial charge >= 0.3 is 0 Å². The number of nitrogens with one attached hydrogen (secondary N) is 1. The summed E-state index contributed by atoms with van der Waals surface area (Å²) in [5.41, 5.74) is 2.34. The van der Waals surface area contributed by atoms with Crippen molar-refractivity contribution in [3.8, 4) is 0 Å². The zero-order valence-corrected chi connectivity index (χ0v) is 12.5. The minimum Gasteiger partial charge on any atom is -0.341 e. The molecule has 0 aliphatic carbocycles. The van der Waals surface area contributed by atoms with Gasteiger partial charge in [0.05, 0.1) is 0 Å². The molecule has 0 aliphatic rings. The van der Waals surface area contributed by atoms with E-state index < -0.39 is 0 Å². The number of hydrogen-bond acceptors (Lipinski definition) is 4. The number of nitrogens with zero attached hydrogens (tertiary/aromatic N) is 3. The van der Waals surface area contributed by atoms with E-state index in [2.05, 4.69) is 54.8 Å². The van der Waals surface area contributed by atoms with Crippen molar-refractivity contribution >= 4 is 5.95 Å². The van der Waals surface area contributed by atoms with E-state index >= 15 is 0 Å². The first kappa shape index (κ1) is 14.9. The van der Waals surface area contributed by atoms with Gasteiger partial charge in [-0.25, -0.2) is 9.97 Å². The van der Waals surface area contributed by atoms with Gasteiger partial charge in [0.2, 0.25) is 5.95 Å². The molecule has 1 aromatic rings. The van der Waals surface area contributed by atoms with Gasteiger partial charge in [0.1, 0.15) is 0 Å². The lowest BCUT2D eigenvalue weighted by molar-refractivity contribution is 0.423. The maximum Gasteiger partial charge on any atom is 0.225 e. The Morgan fingerprint density at radius 1 is 1.22 bits per heavy atom. The summed E-state index contributed by atoms with van der Waals surface area (Å²) in [6.07, 6.45) is 1.94. The van der Waals surface area contributed by atoms with Crippen LogP contribution in [0, 0.1) is 6.92 Å². The number of rotatable bonds is 5. The summed E-state index contributed by atoms with van der Waals surface area (Å²) in [5.74, 6) is 0.831. The second-order valence-electron chi connectivity index (χ2n) is 5.56. The zero-order valence-electron chi connectivity index (χ0n) is 12.5. The topological polar surface area (TPSA) is 41.1 Å². The van der Waals surface area contributed by atoms with Crippen molar-refractivity contribution in [2.45, 2.75) is 53.6 Å². The highest BCUT2D eigenvalue weighted by Crippen LogP contribution is 2.12. The third-order valence-electron chi connectivity index (χ3n) is 2.92. The van der Waals surface area contributed by atoms with E-state index in [0.717, 1.165) is 31.3 Å². The molecule has 1 rings (SSSR count). The van der Waals surface area contributed by atoms with E-state index in [1.807, 2.05) is 13.1 Å². The lowest BCUT2D eigenvalue weighted by atomic mass is 10.1. The second kappa shape index (κ2) is 6.14. The molecule has 1 N–H and O–H groups in total. The lowest BCUT2D eigenvalue weighted by Gasteiger charge is -2.22. The predicted octanol–water partition coefficient (Wildman–Crippen LogP) is 2.52. The van der Waals surface area contributed by atoms with Crippen molar-refractivity contribution < 1.29 is 0 Å². The van der Waals surface area contributed by atoms with Crippen molar-refractivity contribution in [3.05, 3.63) is 17.5 Å². The van der Waals surface area contributed by atoms with Crippen LogP contribution in [0.5, 0.6) is 0 Å². The van der Waals surface area contributed by atoms with E-state index in [1.54, 1.807) is 0 Å². The monoisotopic (exact) mass is 250 g/mol. The molecule has 102 valence electrons. The van der Waals surface area contributed by atoms with Crippen molar-refractivity contribution in [1.29, 1.82) is 0 Å². The Morgan fingerprint density at radius 2 is 1.83 bits per heavy atom. The molecule has 0 unspecified atom stereocenters. The summed E-state index contributed by atoms with van der Waals surface area (Å²) in [7, 11) is 0. The summed E-state index contributed by atoms with van der Waals surface area (Å²) < 4.78 is 0. The fourth-order valence-electron chi connectivity index (χ4n) is 1.67. The van der Waals surface area contributed by atoms with Gasteiger partial charge < -0.3 is 10.2 Å². The van der Waals surface area contributed by atoms with Crippen LogP contribution in [0.15, 0.2) is 6.20 Å². The van der Waals surface area contributed by atoms with Crippen LogP contribution >= 0.6 is 0 Å². The van der Waals surface area contributed by atoms with Crippen LogP contribution in [0.3, 0.4) is 0 Å². The maximum absolute atomic E-state index is 4.59. The van der Waals surface area contributed by atoms with Crippen molar-refractivity contribution in [1.82, 2.24) is 15.3 Å². The molecule has 4 nitrogen and oxygen atoms in total. The van der Waals surface area contributed by atoms with Crippen LogP contribution < -0.4 is 10.2 Å². The number of aromatic nitrogens is 2. The van der Waals surface area contributed by atoms with Gasteiger partial charge in [-0.15, -0.1) is 0 Å². The molecule has 0 aliphatic heterocycles. The van der Waals surface area contributed by atoms with Crippen molar-refractivity contribution in [2.24, 2.45) is 0 Å². The third kappa shape index (κ3) is 4.26. The molecule has 0 radical (unpaired) electrons. The average Bonchev–Trinajstić information content (AvgIpc) is 2.28. The van der Waals surface area contributed by atoms with Crippen LogP contribution in [0.25, 0.3) is 0 Å². The fraction of sp³-hybridized carbons (Fsp3) is 0.714. The van der Waals surface area contributed by atoms with Gasteiger partial charge in [0.25, 0.3) is 0 Å². The Labute approximate surface area is 111 Å². The first-order valence-electron chi connectivity index (χ1n) is 6.70. The summed E-state index contributed by atoms with van der Waals surface area (Å²) in [6, 6.07) is 0. The molecule has 1 heterocycles. The quantitative estimate of drug-likeness (QED) is 0.872. The normalized spacial score (nSPS) is 11.7. The van der Waals surface area contributed by atoms with Crippen molar-refractivity contribution in [3.63, 3.8) is 0 Å². The van der Waals surface area contributed by atoms with Gasteiger partial charge in [0.15, 0.2) is 0 Å². The van der Waals surface area contributed by atoms with Gasteiger partial charge in [-0.1, -0.05) is 0 Å². The highest BCUT2D eigenvalue weighted by Gasteiger charge is 2.12. The van der Waals surface area contributed by atoms with E-state index in [0.29, 0.717) is 0 Å². The highest BCUT2D eigenvalue weighted by molar-refractivity contribution is 5.32. The Kier molecular flexibility index (Phi) is 5.08. The molecule has 0 fully saturated rings. The zero-order chi connectivity index (χ0) is 13.8. The molecule has 18 heavy (non-hydrogen) atoms. The molecule has 0 spiro atoms. The molecule has 1 aromatic heterocycles. The third-order valence-corrected chi connectivity index (χ3v) is 2.92. The van der Waals surface area contributed by atoms with Gasteiger partial charge in [0, 0.05) is 42.6 Å². The lowest BCUT2D eigenvalue weighted by Crippen LogP contribution is -2.35. The summed E-state index contributed by atoms with van der Waals surface area (Å²) in [5, 5.41) is 3.46. The summed E-state index contributed by atoms with van der Waals surface area (Å²) >= 11 is 0. The first-order chi connectivity index (χ1) is 8.37. The minimum atomic E-state index is 0.115. The summed E-state index contributed by atoms with van der Waals surface area (Å²) in [4.78, 5) is 11.2. The van der Waals surface area contributed by atoms with Gasteiger partial charge in [-0.3, -0.25) is 0 Å². The Morgan fingerprint density at radius 3 is 2.28 bits per heavy atom. The Bertz CT molecular complexity index is 378. The van der Waals surface area contributed by atoms with E-state index in [1.165, 1.54) is 5.56 Å². The molecule has 0 bridgehead atoms. The number of aryl methyl sites for hydroxylation is 1. The second-order valence-corrected chi connectivity index (χ2v) is 5.56. The molecule has 4 heteroatoms. The molecule has 0 atom stereocenters. The Balaban J connectivity index is 2.79. The number of anilines is 1. The average molecular weight is 250 g/mol. The van der Waals surface area contributed by atoms with Crippen LogP contribution in [0.4, 0.5) is 5.95 Å².